The van der Waals surface area contributed by atoms with Crippen molar-refractivity contribution in [1.29, 1.82) is 0 Å². The highest BCUT2D eigenvalue weighted by Gasteiger charge is 2.14. The number of imide groups is 1. The Bertz CT molecular complexity index is 454. The molecule has 0 saturated carbocycles. The van der Waals surface area contributed by atoms with E-state index in [1.807, 2.05) is 5.32 Å². The molecule has 17 heavy (non-hydrogen) atoms. The zero-order valence-corrected chi connectivity index (χ0v) is 11.1. The highest BCUT2D eigenvalue weighted by Crippen LogP contribution is 2.19. The Balaban J connectivity index is 2.68. The van der Waals surface area contributed by atoms with Crippen LogP contribution in [0.3, 0.4) is 0 Å². The van der Waals surface area contributed by atoms with Crippen LogP contribution in [0.25, 0.3) is 0 Å². The highest BCUT2D eigenvalue weighted by atomic mass is 79.9. The van der Waals surface area contributed by atoms with E-state index >= 15 is 0 Å². The number of halogens is 3. The Hall–Kier alpha value is -1.14. The lowest BCUT2D eigenvalue weighted by molar-refractivity contribution is -0.119. The summed E-state index contributed by atoms with van der Waals surface area (Å²) in [7, 11) is 0. The molecule has 0 aliphatic rings. The van der Waals surface area contributed by atoms with Crippen molar-refractivity contribution in [3.05, 3.63) is 28.5 Å². The predicted octanol–water partition coefficient (Wildman–Crippen LogP) is 2.86. The summed E-state index contributed by atoms with van der Waals surface area (Å²) in [6.45, 7) is 1.42. The molecule has 4 nitrogen and oxygen atoms in total. The van der Waals surface area contributed by atoms with Gasteiger partial charge in [-0.3, -0.25) is 10.1 Å². The van der Waals surface area contributed by atoms with E-state index in [0.717, 1.165) is 0 Å². The smallest absolute Gasteiger partial charge is 0.305 e. The molecule has 1 atom stereocenters. The zero-order valence-electron chi connectivity index (χ0n) is 8.76. The number of hydrogen-bond donors (Lipinski definition) is 2. The van der Waals surface area contributed by atoms with Gasteiger partial charge in [0.05, 0.1) is 5.69 Å². The number of rotatable bonds is 2. The first-order valence-electron chi connectivity index (χ1n) is 4.61. The molecule has 0 aromatic heterocycles. The Morgan fingerprint density at radius 2 is 2.12 bits per heavy atom. The number of anilines is 1. The molecular weight excluding hydrogens is 314 g/mol. The molecule has 92 valence electrons. The van der Waals surface area contributed by atoms with E-state index in [2.05, 4.69) is 21.2 Å². The summed E-state index contributed by atoms with van der Waals surface area (Å²) >= 11 is 8.59. The fraction of sp³-hybridized carbons (Fsp3) is 0.200. The summed E-state index contributed by atoms with van der Waals surface area (Å²) in [6, 6.07) is 3.22. The average Bonchev–Trinajstić information content (AvgIpc) is 2.23. The van der Waals surface area contributed by atoms with Crippen LogP contribution in [0.5, 0.6) is 0 Å². The summed E-state index contributed by atoms with van der Waals surface area (Å²) in [4.78, 5) is 22.4. The number of amides is 3. The standard InChI is InChI=1S/C10H9BrClFN2O2/c1-5(12)9(16)15-10(17)14-8-4-6(11)2-3-7(8)13/h2-5H,1H3,(H2,14,15,16,17). The number of nitrogens with one attached hydrogen (secondary N) is 2. The van der Waals surface area contributed by atoms with Crippen LogP contribution in [0.15, 0.2) is 22.7 Å². The maximum atomic E-state index is 13.3. The van der Waals surface area contributed by atoms with Gasteiger partial charge in [0.2, 0.25) is 5.91 Å². The molecule has 0 heterocycles. The fourth-order valence-corrected chi connectivity index (χ4v) is 1.37. The quantitative estimate of drug-likeness (QED) is 0.822. The molecule has 7 heteroatoms. The summed E-state index contributed by atoms with van der Waals surface area (Å²) in [5.74, 6) is -1.26. The van der Waals surface area contributed by atoms with Gasteiger partial charge in [-0.05, 0) is 25.1 Å². The number of carbonyl (C=O) groups is 2. The Labute approximate surface area is 111 Å². The van der Waals surface area contributed by atoms with Crippen LogP contribution in [-0.2, 0) is 4.79 Å². The van der Waals surface area contributed by atoms with Crippen LogP contribution in [0, 0.1) is 5.82 Å². The van der Waals surface area contributed by atoms with Gasteiger partial charge < -0.3 is 5.32 Å². The first-order chi connectivity index (χ1) is 7.90. The third-order valence-electron chi connectivity index (χ3n) is 1.77. The zero-order chi connectivity index (χ0) is 13.0. The molecule has 0 fully saturated rings. The van der Waals surface area contributed by atoms with E-state index in [9.17, 15) is 14.0 Å². The molecule has 1 unspecified atom stereocenters. The van der Waals surface area contributed by atoms with Crippen LogP contribution < -0.4 is 10.6 Å². The van der Waals surface area contributed by atoms with E-state index < -0.39 is 23.1 Å². The van der Waals surface area contributed by atoms with E-state index in [0.29, 0.717) is 4.47 Å². The molecule has 0 bridgehead atoms. The van der Waals surface area contributed by atoms with Crippen molar-refractivity contribution in [2.75, 3.05) is 5.32 Å². The minimum absolute atomic E-state index is 0.0353. The van der Waals surface area contributed by atoms with Crippen LogP contribution in [0.2, 0.25) is 0 Å². The summed E-state index contributed by atoms with van der Waals surface area (Å²) < 4.78 is 13.9. The van der Waals surface area contributed by atoms with Gasteiger partial charge in [-0.25, -0.2) is 9.18 Å². The number of alkyl halides is 1. The predicted molar refractivity (Wildman–Crippen MR) is 66.6 cm³/mol. The van der Waals surface area contributed by atoms with Gasteiger partial charge in [0.1, 0.15) is 11.2 Å². The lowest BCUT2D eigenvalue weighted by Gasteiger charge is -2.08. The van der Waals surface area contributed by atoms with Crippen LogP contribution >= 0.6 is 27.5 Å². The van der Waals surface area contributed by atoms with Crippen molar-refractivity contribution in [2.24, 2.45) is 0 Å². The normalized spacial score (nSPS) is 11.8. The van der Waals surface area contributed by atoms with Crippen molar-refractivity contribution in [3.63, 3.8) is 0 Å². The summed E-state index contributed by atoms with van der Waals surface area (Å²) in [6.07, 6.45) is 0. The van der Waals surface area contributed by atoms with Crippen LogP contribution in [-0.4, -0.2) is 17.3 Å². The van der Waals surface area contributed by atoms with Crippen molar-refractivity contribution in [2.45, 2.75) is 12.3 Å². The SMILES string of the molecule is CC(Cl)C(=O)NC(=O)Nc1cc(Br)ccc1F. The third kappa shape index (κ3) is 4.32. The summed E-state index contributed by atoms with van der Waals surface area (Å²) in [5, 5.41) is 3.33. The minimum Gasteiger partial charge on any atom is -0.305 e. The molecule has 1 aromatic rings. The molecule has 0 spiro atoms. The van der Waals surface area contributed by atoms with Crippen LogP contribution in [0.4, 0.5) is 14.9 Å². The number of hydrogen-bond acceptors (Lipinski definition) is 2. The van der Waals surface area contributed by atoms with E-state index in [4.69, 9.17) is 11.6 Å². The van der Waals surface area contributed by atoms with Crippen molar-refractivity contribution < 1.29 is 14.0 Å². The number of benzene rings is 1. The van der Waals surface area contributed by atoms with Gasteiger partial charge in [-0.1, -0.05) is 15.9 Å². The average molecular weight is 324 g/mol. The molecule has 0 saturated heterocycles. The molecule has 2 N–H and O–H groups in total. The van der Waals surface area contributed by atoms with E-state index in [1.165, 1.54) is 25.1 Å². The lowest BCUT2D eigenvalue weighted by Crippen LogP contribution is -2.38. The van der Waals surface area contributed by atoms with Crippen LogP contribution in [0.1, 0.15) is 6.92 Å². The van der Waals surface area contributed by atoms with Gasteiger partial charge in [0, 0.05) is 4.47 Å². The molecule has 0 aliphatic carbocycles. The number of carbonyl (C=O) groups excluding carboxylic acids is 2. The van der Waals surface area contributed by atoms with Crippen molar-refractivity contribution >= 4 is 45.2 Å². The van der Waals surface area contributed by atoms with Gasteiger partial charge in [-0.15, -0.1) is 11.6 Å². The van der Waals surface area contributed by atoms with Crippen molar-refractivity contribution in [3.8, 4) is 0 Å². The second kappa shape index (κ2) is 5.97. The Morgan fingerprint density at radius 1 is 1.47 bits per heavy atom. The second-order valence-corrected chi connectivity index (χ2v) is 4.75. The molecule has 3 amide bonds. The first-order valence-corrected chi connectivity index (χ1v) is 5.84. The maximum absolute atomic E-state index is 13.3. The van der Waals surface area contributed by atoms with Gasteiger partial charge >= 0.3 is 6.03 Å². The van der Waals surface area contributed by atoms with Gasteiger partial charge in [-0.2, -0.15) is 0 Å². The topological polar surface area (TPSA) is 58.2 Å². The third-order valence-corrected chi connectivity index (χ3v) is 2.47. The maximum Gasteiger partial charge on any atom is 0.326 e. The van der Waals surface area contributed by atoms with Gasteiger partial charge in [0.15, 0.2) is 0 Å². The lowest BCUT2D eigenvalue weighted by atomic mass is 10.3. The molecule has 1 rings (SSSR count). The molecular formula is C10H9BrClFN2O2. The Kier molecular flexibility index (Phi) is 4.89. The molecule has 0 radical (unpaired) electrons. The highest BCUT2D eigenvalue weighted by molar-refractivity contribution is 9.10. The largest absolute Gasteiger partial charge is 0.326 e. The fourth-order valence-electron chi connectivity index (χ4n) is 0.958. The van der Waals surface area contributed by atoms with E-state index in [1.54, 1.807) is 0 Å². The minimum atomic E-state index is -0.840. The molecule has 0 aliphatic heterocycles. The van der Waals surface area contributed by atoms with Gasteiger partial charge in [0.25, 0.3) is 0 Å². The Morgan fingerprint density at radius 3 is 2.71 bits per heavy atom. The number of urea groups is 1. The summed E-state index contributed by atoms with van der Waals surface area (Å²) in [5.41, 5.74) is -0.0353. The van der Waals surface area contributed by atoms with E-state index in [-0.39, 0.29) is 5.69 Å². The second-order valence-electron chi connectivity index (χ2n) is 3.18. The first kappa shape index (κ1) is 13.9. The van der Waals surface area contributed by atoms with Crippen molar-refractivity contribution in [1.82, 2.24) is 5.32 Å². The monoisotopic (exact) mass is 322 g/mol. The molecule has 1 aromatic carbocycles.